The van der Waals surface area contributed by atoms with Crippen molar-refractivity contribution in [3.8, 4) is 0 Å². The third kappa shape index (κ3) is 5.54. The van der Waals surface area contributed by atoms with Crippen molar-refractivity contribution in [2.24, 2.45) is 7.05 Å². The van der Waals surface area contributed by atoms with Crippen molar-refractivity contribution in [3.05, 3.63) is 18.0 Å². The Morgan fingerprint density at radius 3 is 2.73 bits per heavy atom. The van der Waals surface area contributed by atoms with Crippen LogP contribution in [-0.2, 0) is 13.5 Å². The van der Waals surface area contributed by atoms with Gasteiger partial charge in [-0.15, -0.1) is 0 Å². The van der Waals surface area contributed by atoms with Crippen LogP contribution in [-0.4, -0.2) is 33.6 Å². The third-order valence-corrected chi connectivity index (χ3v) is 2.26. The van der Waals surface area contributed by atoms with E-state index in [9.17, 15) is 5.11 Å². The van der Waals surface area contributed by atoms with Gasteiger partial charge in [0.05, 0.1) is 11.8 Å². The molecule has 1 heterocycles. The van der Waals surface area contributed by atoms with Crippen molar-refractivity contribution in [2.75, 3.05) is 13.1 Å². The van der Waals surface area contributed by atoms with Gasteiger partial charge in [-0.3, -0.25) is 4.68 Å². The average Bonchev–Trinajstić information content (AvgIpc) is 2.49. The maximum Gasteiger partial charge on any atom is 0.0603 e. The Bertz CT molecular complexity index is 288. The number of aromatic nitrogens is 2. The van der Waals surface area contributed by atoms with Gasteiger partial charge >= 0.3 is 0 Å². The molecule has 0 unspecified atom stereocenters. The highest BCUT2D eigenvalue weighted by Gasteiger charge is 2.10. The van der Waals surface area contributed by atoms with Gasteiger partial charge in [0.2, 0.25) is 0 Å². The quantitative estimate of drug-likeness (QED) is 0.681. The Labute approximate surface area is 91.3 Å². The highest BCUT2D eigenvalue weighted by molar-refractivity contribution is 5.03. The van der Waals surface area contributed by atoms with Crippen LogP contribution < -0.4 is 5.32 Å². The maximum atomic E-state index is 9.48. The van der Waals surface area contributed by atoms with E-state index >= 15 is 0 Å². The molecule has 0 spiro atoms. The van der Waals surface area contributed by atoms with Crippen molar-refractivity contribution in [1.29, 1.82) is 0 Å². The van der Waals surface area contributed by atoms with E-state index in [1.165, 1.54) is 5.56 Å². The van der Waals surface area contributed by atoms with Gasteiger partial charge in [0.1, 0.15) is 0 Å². The highest BCUT2D eigenvalue weighted by atomic mass is 16.3. The van der Waals surface area contributed by atoms with Crippen molar-refractivity contribution in [2.45, 2.75) is 32.3 Å². The van der Waals surface area contributed by atoms with E-state index < -0.39 is 5.60 Å². The van der Waals surface area contributed by atoms with Gasteiger partial charge in [-0.25, -0.2) is 0 Å². The monoisotopic (exact) mass is 211 g/mol. The first-order valence-corrected chi connectivity index (χ1v) is 5.38. The molecule has 2 N–H and O–H groups in total. The highest BCUT2D eigenvalue weighted by Crippen LogP contribution is 2.05. The fraction of sp³-hybridized carbons (Fsp3) is 0.727. The maximum absolute atomic E-state index is 9.48. The summed E-state index contributed by atoms with van der Waals surface area (Å²) in [6, 6.07) is 0. The Morgan fingerprint density at radius 2 is 2.20 bits per heavy atom. The molecule has 1 aromatic heterocycles. The molecule has 1 aromatic rings. The zero-order valence-corrected chi connectivity index (χ0v) is 9.82. The van der Waals surface area contributed by atoms with E-state index in [1.54, 1.807) is 0 Å². The molecule has 1 rings (SSSR count). The Hall–Kier alpha value is -0.870. The second-order valence-electron chi connectivity index (χ2n) is 4.58. The van der Waals surface area contributed by atoms with E-state index in [-0.39, 0.29) is 0 Å². The predicted octanol–water partition coefficient (Wildman–Crippen LogP) is 0.713. The van der Waals surface area contributed by atoms with Gasteiger partial charge in [0, 0.05) is 13.2 Å². The SMILES string of the molecule is Cn1cc(CCNCCC(C)(C)O)cn1. The van der Waals surface area contributed by atoms with Crippen LogP contribution in [0.1, 0.15) is 25.8 Å². The number of hydrogen-bond donors (Lipinski definition) is 2. The van der Waals surface area contributed by atoms with E-state index in [4.69, 9.17) is 0 Å². The molecule has 0 saturated heterocycles. The molecule has 0 aliphatic rings. The molecule has 86 valence electrons. The fourth-order valence-electron chi connectivity index (χ4n) is 1.35. The smallest absolute Gasteiger partial charge is 0.0603 e. The molecule has 0 amide bonds. The van der Waals surface area contributed by atoms with Crippen LogP contribution in [0.4, 0.5) is 0 Å². The standard InChI is InChI=1S/C11H21N3O/c1-11(2,15)5-7-12-6-4-10-8-13-14(3)9-10/h8-9,12,15H,4-7H2,1-3H3. The van der Waals surface area contributed by atoms with Gasteiger partial charge in [0.15, 0.2) is 0 Å². The van der Waals surface area contributed by atoms with Crippen LogP contribution >= 0.6 is 0 Å². The summed E-state index contributed by atoms with van der Waals surface area (Å²) in [6.07, 6.45) is 5.68. The first-order chi connectivity index (χ1) is 6.97. The largest absolute Gasteiger partial charge is 0.390 e. The van der Waals surface area contributed by atoms with Gasteiger partial charge in [-0.05, 0) is 45.3 Å². The molecule has 0 atom stereocenters. The zero-order chi connectivity index (χ0) is 11.3. The normalized spacial score (nSPS) is 12.0. The van der Waals surface area contributed by atoms with Crippen molar-refractivity contribution < 1.29 is 5.11 Å². The first-order valence-electron chi connectivity index (χ1n) is 5.38. The van der Waals surface area contributed by atoms with E-state index in [0.29, 0.717) is 0 Å². The van der Waals surface area contributed by atoms with Crippen molar-refractivity contribution >= 4 is 0 Å². The molecule has 4 heteroatoms. The molecule has 0 saturated carbocycles. The lowest BCUT2D eigenvalue weighted by Gasteiger charge is -2.16. The van der Waals surface area contributed by atoms with E-state index in [2.05, 4.69) is 10.4 Å². The average molecular weight is 211 g/mol. The molecule has 0 bridgehead atoms. The summed E-state index contributed by atoms with van der Waals surface area (Å²) in [5.74, 6) is 0. The second kappa shape index (κ2) is 5.28. The molecule has 0 aliphatic carbocycles. The van der Waals surface area contributed by atoms with Crippen LogP contribution in [0, 0.1) is 0 Å². The Balaban J connectivity index is 2.07. The number of hydrogen-bond acceptors (Lipinski definition) is 3. The lowest BCUT2D eigenvalue weighted by Crippen LogP contribution is -2.27. The third-order valence-electron chi connectivity index (χ3n) is 2.26. The van der Waals surface area contributed by atoms with Gasteiger partial charge in [0.25, 0.3) is 0 Å². The molecular weight excluding hydrogens is 190 g/mol. The molecular formula is C11H21N3O. The van der Waals surface area contributed by atoms with Crippen LogP contribution in [0.2, 0.25) is 0 Å². The molecule has 0 radical (unpaired) electrons. The van der Waals surface area contributed by atoms with E-state index in [0.717, 1.165) is 25.9 Å². The number of aliphatic hydroxyl groups is 1. The summed E-state index contributed by atoms with van der Waals surface area (Å²) in [5, 5.41) is 16.9. The van der Waals surface area contributed by atoms with Gasteiger partial charge in [-0.1, -0.05) is 0 Å². The first kappa shape index (κ1) is 12.2. The zero-order valence-electron chi connectivity index (χ0n) is 9.82. The fourth-order valence-corrected chi connectivity index (χ4v) is 1.35. The van der Waals surface area contributed by atoms with Crippen LogP contribution in [0.15, 0.2) is 12.4 Å². The molecule has 15 heavy (non-hydrogen) atoms. The Kier molecular flexibility index (Phi) is 4.29. The van der Waals surface area contributed by atoms with E-state index in [1.807, 2.05) is 38.0 Å². The predicted molar refractivity (Wildman–Crippen MR) is 60.7 cm³/mol. The van der Waals surface area contributed by atoms with Crippen LogP contribution in [0.3, 0.4) is 0 Å². The number of nitrogens with zero attached hydrogens (tertiary/aromatic N) is 2. The minimum absolute atomic E-state index is 0.568. The minimum Gasteiger partial charge on any atom is -0.390 e. The number of aryl methyl sites for hydroxylation is 1. The lowest BCUT2D eigenvalue weighted by molar-refractivity contribution is 0.0713. The lowest BCUT2D eigenvalue weighted by atomic mass is 10.1. The van der Waals surface area contributed by atoms with Crippen molar-refractivity contribution in [1.82, 2.24) is 15.1 Å². The summed E-state index contributed by atoms with van der Waals surface area (Å²) < 4.78 is 1.81. The molecule has 4 nitrogen and oxygen atoms in total. The topological polar surface area (TPSA) is 50.1 Å². The van der Waals surface area contributed by atoms with Gasteiger partial charge < -0.3 is 10.4 Å². The summed E-state index contributed by atoms with van der Waals surface area (Å²) in [7, 11) is 1.92. The summed E-state index contributed by atoms with van der Waals surface area (Å²) >= 11 is 0. The summed E-state index contributed by atoms with van der Waals surface area (Å²) in [4.78, 5) is 0. The number of rotatable bonds is 6. The van der Waals surface area contributed by atoms with Crippen molar-refractivity contribution in [3.63, 3.8) is 0 Å². The van der Waals surface area contributed by atoms with Crippen LogP contribution in [0.5, 0.6) is 0 Å². The summed E-state index contributed by atoms with van der Waals surface area (Å²) in [6.45, 7) is 5.44. The second-order valence-corrected chi connectivity index (χ2v) is 4.58. The number of nitrogens with one attached hydrogen (secondary N) is 1. The molecule has 0 aromatic carbocycles. The minimum atomic E-state index is -0.568. The van der Waals surface area contributed by atoms with Gasteiger partial charge in [-0.2, -0.15) is 5.10 Å². The summed E-state index contributed by atoms with van der Waals surface area (Å²) in [5.41, 5.74) is 0.676. The Morgan fingerprint density at radius 1 is 1.47 bits per heavy atom. The van der Waals surface area contributed by atoms with Crippen LogP contribution in [0.25, 0.3) is 0 Å². The molecule has 0 fully saturated rings. The molecule has 0 aliphatic heterocycles.